The molecule has 0 radical (unpaired) electrons. The second-order valence-corrected chi connectivity index (χ2v) is 3.31. The first kappa shape index (κ1) is 12.7. The fourth-order valence-electron chi connectivity index (χ4n) is 1.37. The number of hydrogen-bond donors (Lipinski definition) is 1. The molecule has 0 amide bonds. The standard InChI is InChI=1S/C9H8N2O2.C2H4O2/c1-6-2-3-8-7(4-6)9(5-10-8)11(12)13;1-4-2-3/h2-5,10H,1H3;2H,1H3. The zero-order valence-corrected chi connectivity index (χ0v) is 9.47. The molecule has 90 valence electrons. The Balaban J connectivity index is 0.000000317. The summed E-state index contributed by atoms with van der Waals surface area (Å²) in [5.74, 6) is 0. The first-order valence-electron chi connectivity index (χ1n) is 4.78. The van der Waals surface area contributed by atoms with Gasteiger partial charge in [0.2, 0.25) is 0 Å². The number of ether oxygens (including phenoxy) is 1. The molecule has 0 aliphatic heterocycles. The Kier molecular flexibility index (Phi) is 4.21. The maximum Gasteiger partial charge on any atom is 0.294 e. The number of aromatic nitrogens is 1. The third-order valence-electron chi connectivity index (χ3n) is 2.11. The molecular formula is C11H12N2O4. The van der Waals surface area contributed by atoms with Crippen molar-refractivity contribution in [3.8, 4) is 0 Å². The number of nitro groups is 1. The molecule has 1 N–H and O–H groups in total. The summed E-state index contributed by atoms with van der Waals surface area (Å²) < 4.78 is 3.86. The predicted octanol–water partition coefficient (Wildman–Crippen LogP) is 2.17. The molecule has 0 fully saturated rings. The Morgan fingerprint density at radius 2 is 2.12 bits per heavy atom. The van der Waals surface area contributed by atoms with Gasteiger partial charge in [-0.2, -0.15) is 0 Å². The highest BCUT2D eigenvalue weighted by Crippen LogP contribution is 2.25. The van der Waals surface area contributed by atoms with Gasteiger partial charge in [-0.15, -0.1) is 0 Å². The smallest absolute Gasteiger partial charge is 0.294 e. The van der Waals surface area contributed by atoms with Gasteiger partial charge in [0.05, 0.1) is 29.1 Å². The van der Waals surface area contributed by atoms with E-state index >= 15 is 0 Å². The van der Waals surface area contributed by atoms with Crippen LogP contribution in [0.3, 0.4) is 0 Å². The molecule has 0 aliphatic rings. The average molecular weight is 236 g/mol. The molecule has 17 heavy (non-hydrogen) atoms. The summed E-state index contributed by atoms with van der Waals surface area (Å²) in [6.07, 6.45) is 1.42. The Bertz CT molecular complexity index is 533. The van der Waals surface area contributed by atoms with Gasteiger partial charge < -0.3 is 9.72 Å². The van der Waals surface area contributed by atoms with Crippen LogP contribution in [0.1, 0.15) is 5.56 Å². The lowest BCUT2D eigenvalue weighted by Crippen LogP contribution is -1.84. The highest BCUT2D eigenvalue weighted by molar-refractivity contribution is 5.89. The Morgan fingerprint density at radius 3 is 2.65 bits per heavy atom. The SMILES string of the molecule is COC=O.Cc1ccc2[nH]cc([N+](=O)[O-])c2c1. The minimum Gasteiger partial charge on any atom is -0.471 e. The number of aromatic amines is 1. The summed E-state index contributed by atoms with van der Waals surface area (Å²) in [6.45, 7) is 2.29. The van der Waals surface area contributed by atoms with E-state index in [-0.39, 0.29) is 10.6 Å². The van der Waals surface area contributed by atoms with Crippen molar-refractivity contribution in [3.63, 3.8) is 0 Å². The largest absolute Gasteiger partial charge is 0.471 e. The molecule has 6 nitrogen and oxygen atoms in total. The van der Waals surface area contributed by atoms with Gasteiger partial charge in [0, 0.05) is 0 Å². The van der Waals surface area contributed by atoms with Crippen molar-refractivity contribution in [3.05, 3.63) is 40.1 Å². The monoisotopic (exact) mass is 236 g/mol. The van der Waals surface area contributed by atoms with Crippen molar-refractivity contribution in [2.45, 2.75) is 6.92 Å². The summed E-state index contributed by atoms with van der Waals surface area (Å²) in [5.41, 5.74) is 1.96. The molecule has 2 rings (SSSR count). The number of hydrogen-bond acceptors (Lipinski definition) is 4. The molecule has 0 unspecified atom stereocenters. The van der Waals surface area contributed by atoms with Crippen molar-refractivity contribution in [1.29, 1.82) is 0 Å². The van der Waals surface area contributed by atoms with Crippen LogP contribution >= 0.6 is 0 Å². The maximum absolute atomic E-state index is 10.6. The van der Waals surface area contributed by atoms with Crippen LogP contribution in [0.25, 0.3) is 10.9 Å². The van der Waals surface area contributed by atoms with Crippen LogP contribution in [0.2, 0.25) is 0 Å². The van der Waals surface area contributed by atoms with Gasteiger partial charge in [-0.05, 0) is 19.1 Å². The average Bonchev–Trinajstić information content (AvgIpc) is 2.72. The van der Waals surface area contributed by atoms with Gasteiger partial charge in [-0.3, -0.25) is 14.9 Å². The fraction of sp³-hybridized carbons (Fsp3) is 0.182. The van der Waals surface area contributed by atoms with Crippen molar-refractivity contribution in [2.24, 2.45) is 0 Å². The minimum absolute atomic E-state index is 0.138. The number of methoxy groups -OCH3 is 1. The predicted molar refractivity (Wildman–Crippen MR) is 62.8 cm³/mol. The lowest BCUT2D eigenvalue weighted by molar-refractivity contribution is -0.383. The number of nitrogens with zero attached hydrogens (tertiary/aromatic N) is 1. The highest BCUT2D eigenvalue weighted by Gasteiger charge is 2.12. The summed E-state index contributed by atoms with van der Waals surface area (Å²) in [7, 11) is 1.31. The van der Waals surface area contributed by atoms with Crippen LogP contribution in [0.4, 0.5) is 5.69 Å². The van der Waals surface area contributed by atoms with E-state index in [0.29, 0.717) is 11.9 Å². The molecule has 0 saturated carbocycles. The third-order valence-corrected chi connectivity index (χ3v) is 2.11. The first-order chi connectivity index (χ1) is 8.10. The van der Waals surface area contributed by atoms with Gasteiger partial charge in [0.1, 0.15) is 0 Å². The molecule has 0 spiro atoms. The number of carbonyl (C=O) groups is 1. The highest BCUT2D eigenvalue weighted by atomic mass is 16.6. The van der Waals surface area contributed by atoms with Crippen LogP contribution in [0.5, 0.6) is 0 Å². The summed E-state index contributed by atoms with van der Waals surface area (Å²) in [4.78, 5) is 22.0. The van der Waals surface area contributed by atoms with E-state index in [4.69, 9.17) is 4.79 Å². The number of rotatable bonds is 2. The number of H-pyrrole nitrogens is 1. The van der Waals surface area contributed by atoms with Crippen molar-refractivity contribution in [2.75, 3.05) is 7.11 Å². The van der Waals surface area contributed by atoms with Gasteiger partial charge in [0.25, 0.3) is 12.2 Å². The summed E-state index contributed by atoms with van der Waals surface area (Å²) in [5, 5.41) is 11.2. The van der Waals surface area contributed by atoms with Gasteiger partial charge in [-0.25, -0.2) is 0 Å². The number of benzene rings is 1. The number of fused-ring (bicyclic) bond motifs is 1. The summed E-state index contributed by atoms with van der Waals surface area (Å²) in [6, 6.07) is 5.57. The van der Waals surface area contributed by atoms with E-state index in [2.05, 4.69) is 9.72 Å². The van der Waals surface area contributed by atoms with E-state index in [1.54, 1.807) is 0 Å². The van der Waals surface area contributed by atoms with E-state index < -0.39 is 0 Å². The lowest BCUT2D eigenvalue weighted by atomic mass is 10.2. The maximum atomic E-state index is 10.6. The van der Waals surface area contributed by atoms with E-state index in [9.17, 15) is 10.1 Å². The van der Waals surface area contributed by atoms with Crippen LogP contribution in [-0.4, -0.2) is 23.5 Å². The topological polar surface area (TPSA) is 85.2 Å². The third kappa shape index (κ3) is 3.04. The number of nitrogens with one attached hydrogen (secondary N) is 1. The second-order valence-electron chi connectivity index (χ2n) is 3.31. The molecule has 1 heterocycles. The van der Waals surface area contributed by atoms with Gasteiger partial charge in [0.15, 0.2) is 0 Å². The van der Waals surface area contributed by atoms with Crippen LogP contribution in [0.15, 0.2) is 24.4 Å². The van der Waals surface area contributed by atoms with E-state index in [0.717, 1.165) is 11.1 Å². The van der Waals surface area contributed by atoms with Crippen LogP contribution < -0.4 is 0 Å². The molecule has 0 saturated heterocycles. The Hall–Kier alpha value is -2.37. The normalized spacial score (nSPS) is 9.29. The van der Waals surface area contributed by atoms with Gasteiger partial charge in [-0.1, -0.05) is 11.6 Å². The quantitative estimate of drug-likeness (QED) is 0.492. The fourth-order valence-corrected chi connectivity index (χ4v) is 1.37. The molecule has 0 bridgehead atoms. The van der Waals surface area contributed by atoms with Crippen molar-refractivity contribution in [1.82, 2.24) is 4.98 Å². The van der Waals surface area contributed by atoms with Crippen LogP contribution in [0, 0.1) is 17.0 Å². The van der Waals surface area contributed by atoms with E-state index in [1.165, 1.54) is 13.3 Å². The molecule has 0 atom stereocenters. The Labute approximate surface area is 97.4 Å². The molecule has 1 aromatic heterocycles. The molecular weight excluding hydrogens is 224 g/mol. The Morgan fingerprint density at radius 1 is 1.47 bits per heavy atom. The molecule has 2 aromatic rings. The number of aryl methyl sites for hydroxylation is 1. The zero-order chi connectivity index (χ0) is 12.8. The van der Waals surface area contributed by atoms with Crippen LogP contribution in [-0.2, 0) is 9.53 Å². The minimum atomic E-state index is -0.377. The number of carbonyl (C=O) groups excluding carboxylic acids is 1. The van der Waals surface area contributed by atoms with E-state index in [1.807, 2.05) is 25.1 Å². The molecule has 0 aliphatic carbocycles. The zero-order valence-electron chi connectivity index (χ0n) is 9.47. The van der Waals surface area contributed by atoms with Gasteiger partial charge >= 0.3 is 0 Å². The summed E-state index contributed by atoms with van der Waals surface area (Å²) >= 11 is 0. The molecule has 6 heteroatoms. The second kappa shape index (κ2) is 5.64. The lowest BCUT2D eigenvalue weighted by Gasteiger charge is -1.92. The first-order valence-corrected chi connectivity index (χ1v) is 4.78. The van der Waals surface area contributed by atoms with Crippen molar-refractivity contribution < 1.29 is 14.5 Å². The van der Waals surface area contributed by atoms with Crippen molar-refractivity contribution >= 4 is 23.1 Å². The molecule has 1 aromatic carbocycles.